The molecule has 3 aromatic rings. The van der Waals surface area contributed by atoms with Crippen LogP contribution in [0.2, 0.25) is 0 Å². The Bertz CT molecular complexity index is 719. The SMILES string of the molecule is O=C(O)c1ccc2c(-c3ccccc3)nsc2c1. The van der Waals surface area contributed by atoms with Crippen LogP contribution >= 0.6 is 11.5 Å². The third kappa shape index (κ3) is 1.76. The number of aromatic nitrogens is 1. The molecule has 0 atom stereocenters. The van der Waals surface area contributed by atoms with Crippen LogP contribution in [0.5, 0.6) is 0 Å². The predicted molar refractivity (Wildman–Crippen MR) is 72.0 cm³/mol. The van der Waals surface area contributed by atoms with Crippen LogP contribution in [0.15, 0.2) is 48.5 Å². The van der Waals surface area contributed by atoms with Crippen molar-refractivity contribution in [2.24, 2.45) is 0 Å². The predicted octanol–water partition coefficient (Wildman–Crippen LogP) is 3.66. The van der Waals surface area contributed by atoms with Gasteiger partial charge in [-0.3, -0.25) is 0 Å². The summed E-state index contributed by atoms with van der Waals surface area (Å²) in [7, 11) is 0. The first-order chi connectivity index (χ1) is 8.75. The molecule has 88 valence electrons. The average molecular weight is 255 g/mol. The molecule has 0 saturated carbocycles. The van der Waals surface area contributed by atoms with E-state index < -0.39 is 5.97 Å². The molecule has 0 saturated heterocycles. The maximum atomic E-state index is 10.9. The molecule has 1 aromatic heterocycles. The average Bonchev–Trinajstić information content (AvgIpc) is 2.82. The molecule has 0 spiro atoms. The lowest BCUT2D eigenvalue weighted by atomic mass is 10.1. The van der Waals surface area contributed by atoms with Crippen LogP contribution in [0, 0.1) is 0 Å². The molecule has 3 nitrogen and oxygen atoms in total. The van der Waals surface area contributed by atoms with E-state index in [0.717, 1.165) is 21.3 Å². The third-order valence-electron chi connectivity index (χ3n) is 2.77. The zero-order valence-electron chi connectivity index (χ0n) is 9.33. The molecular weight excluding hydrogens is 246 g/mol. The largest absolute Gasteiger partial charge is 0.478 e. The van der Waals surface area contributed by atoms with Gasteiger partial charge in [0.15, 0.2) is 0 Å². The normalized spacial score (nSPS) is 10.7. The number of nitrogens with zero attached hydrogens (tertiary/aromatic N) is 1. The summed E-state index contributed by atoms with van der Waals surface area (Å²) in [5, 5.41) is 9.95. The number of carboxylic acids is 1. The lowest BCUT2D eigenvalue weighted by Crippen LogP contribution is -1.94. The van der Waals surface area contributed by atoms with Crippen molar-refractivity contribution >= 4 is 27.6 Å². The van der Waals surface area contributed by atoms with Gasteiger partial charge in [0.2, 0.25) is 0 Å². The third-order valence-corrected chi connectivity index (χ3v) is 3.57. The first-order valence-corrected chi connectivity index (χ1v) is 6.21. The molecule has 0 fully saturated rings. The topological polar surface area (TPSA) is 50.2 Å². The number of carbonyl (C=O) groups is 1. The lowest BCUT2D eigenvalue weighted by Gasteiger charge is -1.98. The molecule has 0 amide bonds. The second-order valence-corrected chi connectivity index (χ2v) is 4.72. The van der Waals surface area contributed by atoms with Gasteiger partial charge < -0.3 is 5.11 Å². The summed E-state index contributed by atoms with van der Waals surface area (Å²) in [5.41, 5.74) is 2.25. The van der Waals surface area contributed by atoms with Crippen molar-refractivity contribution in [2.45, 2.75) is 0 Å². The van der Waals surface area contributed by atoms with Crippen molar-refractivity contribution in [3.05, 3.63) is 54.1 Å². The van der Waals surface area contributed by atoms with Gasteiger partial charge in [0.05, 0.1) is 16.0 Å². The smallest absolute Gasteiger partial charge is 0.335 e. The summed E-state index contributed by atoms with van der Waals surface area (Å²) in [6, 6.07) is 15.0. The maximum absolute atomic E-state index is 10.9. The van der Waals surface area contributed by atoms with Crippen LogP contribution in [0.1, 0.15) is 10.4 Å². The molecule has 4 heteroatoms. The van der Waals surface area contributed by atoms with E-state index in [1.165, 1.54) is 11.5 Å². The highest BCUT2D eigenvalue weighted by Gasteiger charge is 2.10. The second kappa shape index (κ2) is 4.23. The van der Waals surface area contributed by atoms with E-state index in [9.17, 15) is 4.79 Å². The molecule has 2 aromatic carbocycles. The Kier molecular flexibility index (Phi) is 2.57. The number of hydrogen-bond acceptors (Lipinski definition) is 3. The van der Waals surface area contributed by atoms with Gasteiger partial charge in [0.1, 0.15) is 0 Å². The fourth-order valence-electron chi connectivity index (χ4n) is 1.87. The number of rotatable bonds is 2. The summed E-state index contributed by atoms with van der Waals surface area (Å²) in [6.45, 7) is 0. The molecule has 1 heterocycles. The first kappa shape index (κ1) is 10.9. The van der Waals surface area contributed by atoms with Gasteiger partial charge in [-0.1, -0.05) is 36.4 Å². The fraction of sp³-hybridized carbons (Fsp3) is 0. The zero-order chi connectivity index (χ0) is 12.5. The highest BCUT2D eigenvalue weighted by molar-refractivity contribution is 7.13. The molecule has 0 unspecified atom stereocenters. The van der Waals surface area contributed by atoms with Gasteiger partial charge >= 0.3 is 5.97 Å². The number of aromatic carboxylic acids is 1. The molecular formula is C14H9NO2S. The molecule has 0 aliphatic carbocycles. The second-order valence-electron chi connectivity index (χ2n) is 3.91. The van der Waals surface area contributed by atoms with Gasteiger partial charge in [0.25, 0.3) is 0 Å². The van der Waals surface area contributed by atoms with Crippen molar-refractivity contribution < 1.29 is 9.90 Å². The van der Waals surface area contributed by atoms with Gasteiger partial charge in [-0.05, 0) is 23.7 Å². The summed E-state index contributed by atoms with van der Waals surface area (Å²) < 4.78 is 5.31. The van der Waals surface area contributed by atoms with Crippen LogP contribution in [0.4, 0.5) is 0 Å². The first-order valence-electron chi connectivity index (χ1n) is 5.44. The van der Waals surface area contributed by atoms with E-state index in [1.807, 2.05) is 36.4 Å². The van der Waals surface area contributed by atoms with Crippen molar-refractivity contribution in [3.63, 3.8) is 0 Å². The number of fused-ring (bicyclic) bond motifs is 1. The van der Waals surface area contributed by atoms with Crippen molar-refractivity contribution in [2.75, 3.05) is 0 Å². The van der Waals surface area contributed by atoms with E-state index in [2.05, 4.69) is 4.37 Å². The molecule has 18 heavy (non-hydrogen) atoms. The Morgan fingerprint density at radius 3 is 2.61 bits per heavy atom. The molecule has 0 aliphatic heterocycles. The minimum Gasteiger partial charge on any atom is -0.478 e. The van der Waals surface area contributed by atoms with Gasteiger partial charge in [-0.25, -0.2) is 4.79 Å². The monoisotopic (exact) mass is 255 g/mol. The van der Waals surface area contributed by atoms with Gasteiger partial charge in [-0.2, -0.15) is 4.37 Å². The Hall–Kier alpha value is -2.20. The highest BCUT2D eigenvalue weighted by Crippen LogP contribution is 2.31. The van der Waals surface area contributed by atoms with E-state index >= 15 is 0 Å². The van der Waals surface area contributed by atoms with E-state index in [0.29, 0.717) is 5.56 Å². The molecule has 3 rings (SSSR count). The molecule has 0 bridgehead atoms. The quantitative estimate of drug-likeness (QED) is 0.760. The number of carboxylic acid groups (broad SMARTS) is 1. The summed E-state index contributed by atoms with van der Waals surface area (Å²) in [5.74, 6) is -0.911. The number of hydrogen-bond donors (Lipinski definition) is 1. The van der Waals surface area contributed by atoms with Crippen molar-refractivity contribution in [3.8, 4) is 11.3 Å². The summed E-state index contributed by atoms with van der Waals surface area (Å²) >= 11 is 1.33. The minimum absolute atomic E-state index is 0.297. The Morgan fingerprint density at radius 2 is 1.89 bits per heavy atom. The van der Waals surface area contributed by atoms with Crippen LogP contribution in [-0.2, 0) is 0 Å². The minimum atomic E-state index is -0.911. The zero-order valence-corrected chi connectivity index (χ0v) is 10.1. The highest BCUT2D eigenvalue weighted by atomic mass is 32.1. The number of benzene rings is 2. The van der Waals surface area contributed by atoms with Crippen LogP contribution < -0.4 is 0 Å². The molecule has 0 aliphatic rings. The standard InChI is InChI=1S/C14H9NO2S/c16-14(17)10-6-7-11-12(8-10)18-15-13(11)9-4-2-1-3-5-9/h1-8H,(H,16,17). The van der Waals surface area contributed by atoms with Gasteiger partial charge in [0, 0.05) is 10.9 Å². The van der Waals surface area contributed by atoms with Crippen LogP contribution in [0.3, 0.4) is 0 Å². The Morgan fingerprint density at radius 1 is 1.11 bits per heavy atom. The summed E-state index contributed by atoms with van der Waals surface area (Å²) in [4.78, 5) is 10.9. The van der Waals surface area contributed by atoms with E-state index in [1.54, 1.807) is 12.1 Å². The lowest BCUT2D eigenvalue weighted by molar-refractivity contribution is 0.0697. The fourth-order valence-corrected chi connectivity index (χ4v) is 2.71. The summed E-state index contributed by atoms with van der Waals surface area (Å²) in [6.07, 6.45) is 0. The Labute approximate surface area is 107 Å². The Balaban J connectivity index is 2.19. The van der Waals surface area contributed by atoms with E-state index in [-0.39, 0.29) is 0 Å². The molecule has 1 N–H and O–H groups in total. The van der Waals surface area contributed by atoms with E-state index in [4.69, 9.17) is 5.11 Å². The molecule has 0 radical (unpaired) electrons. The van der Waals surface area contributed by atoms with Crippen LogP contribution in [-0.4, -0.2) is 15.4 Å². The van der Waals surface area contributed by atoms with Crippen molar-refractivity contribution in [1.29, 1.82) is 0 Å². The van der Waals surface area contributed by atoms with Crippen LogP contribution in [0.25, 0.3) is 21.3 Å². The van der Waals surface area contributed by atoms with Crippen molar-refractivity contribution in [1.82, 2.24) is 4.37 Å². The maximum Gasteiger partial charge on any atom is 0.335 e. The van der Waals surface area contributed by atoms with Gasteiger partial charge in [-0.15, -0.1) is 0 Å².